The van der Waals surface area contributed by atoms with E-state index in [1.165, 1.54) is 0 Å². The van der Waals surface area contributed by atoms with Crippen molar-refractivity contribution in [3.63, 3.8) is 0 Å². The fourth-order valence-corrected chi connectivity index (χ4v) is 1.89. The molecule has 0 aliphatic carbocycles. The van der Waals surface area contributed by atoms with E-state index in [-0.39, 0.29) is 6.10 Å². The molecule has 5 nitrogen and oxygen atoms in total. The first-order valence-electron chi connectivity index (χ1n) is 6.11. The van der Waals surface area contributed by atoms with Crippen LogP contribution in [-0.4, -0.2) is 37.1 Å². The fourth-order valence-electron chi connectivity index (χ4n) is 1.89. The number of hydrogen-bond acceptors (Lipinski definition) is 5. The predicted octanol–water partition coefficient (Wildman–Crippen LogP) is 1.33. The number of nitrogens with one attached hydrogen (secondary N) is 1. The standard InChI is InChI=1S/C13H20N2O3/c1-13(2)17-9-11(18-13)8-14-7-10-5-4-6-12(15-10)16-3/h4-6,11,14H,7-9H2,1-3H3. The lowest BCUT2D eigenvalue weighted by Gasteiger charge is -2.17. The van der Waals surface area contributed by atoms with Crippen LogP contribution in [-0.2, 0) is 16.0 Å². The molecular formula is C13H20N2O3. The van der Waals surface area contributed by atoms with Crippen LogP contribution in [0.2, 0.25) is 0 Å². The third kappa shape index (κ3) is 3.66. The van der Waals surface area contributed by atoms with Gasteiger partial charge >= 0.3 is 0 Å². The third-order valence-electron chi connectivity index (χ3n) is 2.74. The van der Waals surface area contributed by atoms with Crippen LogP contribution in [0.5, 0.6) is 5.88 Å². The molecule has 1 fully saturated rings. The molecule has 1 saturated heterocycles. The minimum Gasteiger partial charge on any atom is -0.481 e. The van der Waals surface area contributed by atoms with E-state index in [1.54, 1.807) is 7.11 Å². The summed E-state index contributed by atoms with van der Waals surface area (Å²) in [5.74, 6) is 0.177. The Kier molecular flexibility index (Phi) is 4.16. The molecule has 2 heterocycles. The number of nitrogens with zero attached hydrogens (tertiary/aromatic N) is 1. The first-order chi connectivity index (χ1) is 8.59. The van der Waals surface area contributed by atoms with Crippen molar-refractivity contribution in [2.75, 3.05) is 20.3 Å². The molecule has 1 aromatic heterocycles. The van der Waals surface area contributed by atoms with Crippen molar-refractivity contribution >= 4 is 0 Å². The van der Waals surface area contributed by atoms with Crippen molar-refractivity contribution in [3.8, 4) is 5.88 Å². The lowest BCUT2D eigenvalue weighted by Crippen LogP contribution is -2.30. The van der Waals surface area contributed by atoms with Crippen LogP contribution in [0.4, 0.5) is 0 Å². The molecule has 1 aromatic rings. The van der Waals surface area contributed by atoms with Crippen molar-refractivity contribution in [1.82, 2.24) is 10.3 Å². The number of aromatic nitrogens is 1. The molecule has 2 rings (SSSR count). The van der Waals surface area contributed by atoms with Crippen LogP contribution in [0.15, 0.2) is 18.2 Å². The van der Waals surface area contributed by atoms with Crippen LogP contribution in [0, 0.1) is 0 Å². The summed E-state index contributed by atoms with van der Waals surface area (Å²) in [6.07, 6.45) is 0.102. The molecule has 1 aliphatic rings. The number of ether oxygens (including phenoxy) is 3. The van der Waals surface area contributed by atoms with Gasteiger partial charge in [0.1, 0.15) is 0 Å². The van der Waals surface area contributed by atoms with Crippen LogP contribution in [0.25, 0.3) is 0 Å². The molecule has 18 heavy (non-hydrogen) atoms. The zero-order valence-corrected chi connectivity index (χ0v) is 11.1. The Labute approximate surface area is 107 Å². The number of rotatable bonds is 5. The van der Waals surface area contributed by atoms with Gasteiger partial charge < -0.3 is 19.5 Å². The van der Waals surface area contributed by atoms with E-state index >= 15 is 0 Å². The maximum absolute atomic E-state index is 5.70. The number of pyridine rings is 1. The summed E-state index contributed by atoms with van der Waals surface area (Å²) in [5.41, 5.74) is 0.951. The van der Waals surface area contributed by atoms with Gasteiger partial charge in [0.15, 0.2) is 5.79 Å². The average molecular weight is 252 g/mol. The van der Waals surface area contributed by atoms with Crippen molar-refractivity contribution in [2.24, 2.45) is 0 Å². The van der Waals surface area contributed by atoms with Gasteiger partial charge in [-0.15, -0.1) is 0 Å². The predicted molar refractivity (Wildman–Crippen MR) is 67.4 cm³/mol. The van der Waals surface area contributed by atoms with Crippen LogP contribution in [0.1, 0.15) is 19.5 Å². The summed E-state index contributed by atoms with van der Waals surface area (Å²) in [4.78, 5) is 4.33. The smallest absolute Gasteiger partial charge is 0.213 e. The number of hydrogen-bond donors (Lipinski definition) is 1. The zero-order chi connectivity index (χ0) is 13.0. The van der Waals surface area contributed by atoms with Crippen molar-refractivity contribution in [2.45, 2.75) is 32.3 Å². The van der Waals surface area contributed by atoms with Crippen molar-refractivity contribution < 1.29 is 14.2 Å². The normalized spacial score (nSPS) is 22.1. The van der Waals surface area contributed by atoms with E-state index < -0.39 is 5.79 Å². The van der Waals surface area contributed by atoms with Gasteiger partial charge in [0, 0.05) is 19.2 Å². The van der Waals surface area contributed by atoms with Crippen LogP contribution >= 0.6 is 0 Å². The fraction of sp³-hybridized carbons (Fsp3) is 0.615. The highest BCUT2D eigenvalue weighted by atomic mass is 16.7. The Balaban J connectivity index is 1.75. The van der Waals surface area contributed by atoms with Gasteiger partial charge in [-0.25, -0.2) is 4.98 Å². The van der Waals surface area contributed by atoms with Gasteiger partial charge in [-0.3, -0.25) is 0 Å². The van der Waals surface area contributed by atoms with Gasteiger partial charge in [0.25, 0.3) is 0 Å². The Hall–Kier alpha value is -1.17. The lowest BCUT2D eigenvalue weighted by atomic mass is 10.3. The second-order valence-electron chi connectivity index (χ2n) is 4.75. The highest BCUT2D eigenvalue weighted by molar-refractivity contribution is 5.15. The molecule has 1 aliphatic heterocycles. The maximum Gasteiger partial charge on any atom is 0.213 e. The summed E-state index contributed by atoms with van der Waals surface area (Å²) in [6, 6.07) is 5.73. The summed E-state index contributed by atoms with van der Waals surface area (Å²) >= 11 is 0. The summed E-state index contributed by atoms with van der Waals surface area (Å²) in [5, 5.41) is 3.31. The van der Waals surface area contributed by atoms with E-state index in [2.05, 4.69) is 10.3 Å². The molecule has 5 heteroatoms. The van der Waals surface area contributed by atoms with Crippen molar-refractivity contribution in [3.05, 3.63) is 23.9 Å². The Morgan fingerprint density at radius 1 is 1.50 bits per heavy atom. The first-order valence-corrected chi connectivity index (χ1v) is 6.11. The van der Waals surface area contributed by atoms with Crippen LogP contribution in [0.3, 0.4) is 0 Å². The Bertz CT molecular complexity index is 396. The van der Waals surface area contributed by atoms with Crippen LogP contribution < -0.4 is 10.1 Å². The SMILES string of the molecule is COc1cccc(CNCC2COC(C)(C)O2)n1. The van der Waals surface area contributed by atoms with E-state index in [4.69, 9.17) is 14.2 Å². The van der Waals surface area contributed by atoms with Gasteiger partial charge in [-0.2, -0.15) is 0 Å². The van der Waals surface area contributed by atoms with Gasteiger partial charge in [0.2, 0.25) is 5.88 Å². The summed E-state index contributed by atoms with van der Waals surface area (Å²) < 4.78 is 16.3. The zero-order valence-electron chi connectivity index (χ0n) is 11.1. The number of methoxy groups -OCH3 is 1. The topological polar surface area (TPSA) is 52.6 Å². The van der Waals surface area contributed by atoms with Gasteiger partial charge in [-0.05, 0) is 19.9 Å². The molecule has 1 atom stereocenters. The minimum absolute atomic E-state index is 0.102. The molecule has 1 unspecified atom stereocenters. The van der Waals surface area contributed by atoms with Gasteiger partial charge in [0.05, 0.1) is 25.5 Å². The maximum atomic E-state index is 5.70. The molecular weight excluding hydrogens is 232 g/mol. The molecule has 1 N–H and O–H groups in total. The second kappa shape index (κ2) is 5.65. The molecule has 0 saturated carbocycles. The monoisotopic (exact) mass is 252 g/mol. The lowest BCUT2D eigenvalue weighted by molar-refractivity contribution is -0.137. The first kappa shape index (κ1) is 13.3. The molecule has 0 spiro atoms. The average Bonchev–Trinajstić information content (AvgIpc) is 2.69. The quantitative estimate of drug-likeness (QED) is 0.857. The highest BCUT2D eigenvalue weighted by Crippen LogP contribution is 2.21. The molecule has 0 amide bonds. The molecule has 0 radical (unpaired) electrons. The van der Waals surface area contributed by atoms with E-state index in [1.807, 2.05) is 32.0 Å². The molecule has 100 valence electrons. The summed E-state index contributed by atoms with van der Waals surface area (Å²) in [7, 11) is 1.62. The molecule has 0 bridgehead atoms. The largest absolute Gasteiger partial charge is 0.481 e. The van der Waals surface area contributed by atoms with E-state index in [9.17, 15) is 0 Å². The summed E-state index contributed by atoms with van der Waals surface area (Å²) in [6.45, 7) is 5.93. The van der Waals surface area contributed by atoms with E-state index in [0.29, 0.717) is 19.0 Å². The Morgan fingerprint density at radius 2 is 2.33 bits per heavy atom. The van der Waals surface area contributed by atoms with Crippen molar-refractivity contribution in [1.29, 1.82) is 0 Å². The Morgan fingerprint density at radius 3 is 3.00 bits per heavy atom. The second-order valence-corrected chi connectivity index (χ2v) is 4.75. The van der Waals surface area contributed by atoms with Gasteiger partial charge in [-0.1, -0.05) is 6.07 Å². The van der Waals surface area contributed by atoms with E-state index in [0.717, 1.165) is 12.2 Å². The highest BCUT2D eigenvalue weighted by Gasteiger charge is 2.32. The minimum atomic E-state index is -0.458. The third-order valence-corrected chi connectivity index (χ3v) is 2.74. The molecule has 0 aromatic carbocycles.